The number of amides is 1. The normalized spacial score (nSPS) is 10.7. The van der Waals surface area contributed by atoms with Crippen molar-refractivity contribution in [1.29, 1.82) is 0 Å². The average Bonchev–Trinajstić information content (AvgIpc) is 3.09. The quantitative estimate of drug-likeness (QED) is 0.705. The molecule has 0 aliphatic carbocycles. The van der Waals surface area contributed by atoms with Crippen LogP contribution < -0.4 is 0 Å². The van der Waals surface area contributed by atoms with Crippen molar-refractivity contribution in [3.63, 3.8) is 0 Å². The van der Waals surface area contributed by atoms with E-state index in [9.17, 15) is 4.79 Å². The highest BCUT2D eigenvalue weighted by Gasteiger charge is 2.12. The number of rotatable bonds is 7. The van der Waals surface area contributed by atoms with Gasteiger partial charge in [0.25, 0.3) is 0 Å². The molecule has 0 aliphatic rings. The summed E-state index contributed by atoms with van der Waals surface area (Å²) >= 11 is 0. The fraction of sp³-hybridized carbons (Fsp3) is 0.636. The molecule has 0 unspecified atom stereocenters. The Kier molecular flexibility index (Phi) is 4.75. The Morgan fingerprint density at radius 3 is 3.00 bits per heavy atom. The third kappa shape index (κ3) is 3.84. The van der Waals surface area contributed by atoms with Crippen LogP contribution in [0.1, 0.15) is 31.5 Å². The second-order valence-corrected chi connectivity index (χ2v) is 4.38. The number of aryl methyl sites for hydroxylation is 2. The fourth-order valence-corrected chi connectivity index (χ4v) is 1.66. The minimum absolute atomic E-state index is 0.0286. The number of tetrazole rings is 1. The minimum Gasteiger partial charge on any atom is -0.339 e. The topological polar surface area (TPSA) is 103 Å². The molecular weight excluding hydrogens is 262 g/mol. The predicted octanol–water partition coefficient (Wildman–Crippen LogP) is 0.0573. The Morgan fingerprint density at radius 2 is 2.35 bits per heavy atom. The van der Waals surface area contributed by atoms with Crippen molar-refractivity contribution in [2.45, 2.75) is 39.3 Å². The first-order chi connectivity index (χ1) is 9.69. The Labute approximate surface area is 115 Å². The van der Waals surface area contributed by atoms with Crippen molar-refractivity contribution in [3.05, 3.63) is 18.0 Å². The summed E-state index contributed by atoms with van der Waals surface area (Å²) in [4.78, 5) is 17.7. The molecule has 1 amide bonds. The van der Waals surface area contributed by atoms with Crippen LogP contribution in [0.5, 0.6) is 0 Å². The van der Waals surface area contributed by atoms with Gasteiger partial charge in [-0.2, -0.15) is 4.98 Å². The summed E-state index contributed by atoms with van der Waals surface area (Å²) in [6, 6.07) is 0. The molecular formula is C11H17N7O2. The lowest BCUT2D eigenvalue weighted by molar-refractivity contribution is -0.130. The first-order valence-electron chi connectivity index (χ1n) is 6.45. The fourth-order valence-electron chi connectivity index (χ4n) is 1.66. The van der Waals surface area contributed by atoms with Gasteiger partial charge in [-0.05, 0) is 16.8 Å². The summed E-state index contributed by atoms with van der Waals surface area (Å²) in [5.41, 5.74) is 0. The Morgan fingerprint density at radius 1 is 1.50 bits per heavy atom. The minimum atomic E-state index is 0.0286. The molecule has 20 heavy (non-hydrogen) atoms. The molecule has 0 N–H and O–H groups in total. The van der Waals surface area contributed by atoms with Gasteiger partial charge < -0.3 is 9.42 Å². The summed E-state index contributed by atoms with van der Waals surface area (Å²) in [5, 5.41) is 14.6. The van der Waals surface area contributed by atoms with Gasteiger partial charge in [-0.15, -0.1) is 5.10 Å². The molecule has 9 nitrogen and oxygen atoms in total. The molecule has 9 heteroatoms. The second kappa shape index (κ2) is 6.73. The third-order valence-corrected chi connectivity index (χ3v) is 2.79. The maximum absolute atomic E-state index is 11.9. The SMILES string of the molecule is CCc1nc(CN(C)C(=O)CCCn2cnnn2)no1. The molecule has 2 heterocycles. The average molecular weight is 279 g/mol. The molecule has 108 valence electrons. The van der Waals surface area contributed by atoms with Crippen LogP contribution in [0.4, 0.5) is 0 Å². The van der Waals surface area contributed by atoms with Crippen molar-refractivity contribution >= 4 is 5.91 Å². The molecule has 2 aromatic rings. The number of carbonyl (C=O) groups is 1. The van der Waals surface area contributed by atoms with Gasteiger partial charge in [0.15, 0.2) is 5.82 Å². The van der Waals surface area contributed by atoms with Crippen LogP contribution in [0.2, 0.25) is 0 Å². The Hall–Kier alpha value is -2.32. The summed E-state index contributed by atoms with van der Waals surface area (Å²) in [6.07, 6.45) is 3.33. The molecule has 0 spiro atoms. The first-order valence-corrected chi connectivity index (χ1v) is 6.45. The molecule has 0 saturated carbocycles. The van der Waals surface area contributed by atoms with E-state index in [1.54, 1.807) is 16.6 Å². The molecule has 0 aromatic carbocycles. The smallest absolute Gasteiger partial charge is 0.226 e. The number of hydrogen-bond donors (Lipinski definition) is 0. The molecule has 0 saturated heterocycles. The summed E-state index contributed by atoms with van der Waals surface area (Å²) in [6.45, 7) is 2.91. The van der Waals surface area contributed by atoms with Crippen LogP contribution in [-0.4, -0.2) is 48.2 Å². The Bertz CT molecular complexity index is 537. The highest BCUT2D eigenvalue weighted by atomic mass is 16.5. The van der Waals surface area contributed by atoms with Crippen molar-refractivity contribution in [2.24, 2.45) is 0 Å². The molecule has 2 aromatic heterocycles. The zero-order chi connectivity index (χ0) is 14.4. The van der Waals surface area contributed by atoms with Crippen LogP contribution >= 0.6 is 0 Å². The number of carbonyl (C=O) groups excluding carboxylic acids is 1. The van der Waals surface area contributed by atoms with E-state index in [0.29, 0.717) is 44.1 Å². The van der Waals surface area contributed by atoms with Gasteiger partial charge >= 0.3 is 0 Å². The Balaban J connectivity index is 1.74. The van der Waals surface area contributed by atoms with Gasteiger partial charge in [-0.3, -0.25) is 4.79 Å². The molecule has 0 atom stereocenters. The van der Waals surface area contributed by atoms with E-state index in [4.69, 9.17) is 4.52 Å². The van der Waals surface area contributed by atoms with E-state index in [1.807, 2.05) is 6.92 Å². The van der Waals surface area contributed by atoms with Crippen molar-refractivity contribution in [2.75, 3.05) is 7.05 Å². The molecule has 0 aliphatic heterocycles. The number of hydrogen-bond acceptors (Lipinski definition) is 7. The molecule has 2 rings (SSSR count). The van der Waals surface area contributed by atoms with Crippen LogP contribution in [0.3, 0.4) is 0 Å². The maximum atomic E-state index is 11.9. The van der Waals surface area contributed by atoms with E-state index < -0.39 is 0 Å². The van der Waals surface area contributed by atoms with Gasteiger partial charge in [-0.1, -0.05) is 12.1 Å². The van der Waals surface area contributed by atoms with E-state index in [0.717, 1.165) is 0 Å². The number of nitrogens with zero attached hydrogens (tertiary/aromatic N) is 7. The van der Waals surface area contributed by atoms with Crippen LogP contribution in [-0.2, 0) is 24.3 Å². The monoisotopic (exact) mass is 279 g/mol. The first kappa shape index (κ1) is 14.1. The molecule has 0 fully saturated rings. The van der Waals surface area contributed by atoms with Gasteiger partial charge in [0.2, 0.25) is 11.8 Å². The third-order valence-electron chi connectivity index (χ3n) is 2.79. The van der Waals surface area contributed by atoms with Crippen LogP contribution in [0.25, 0.3) is 0 Å². The lowest BCUT2D eigenvalue weighted by atomic mass is 10.3. The van der Waals surface area contributed by atoms with Crippen molar-refractivity contribution in [1.82, 2.24) is 35.2 Å². The maximum Gasteiger partial charge on any atom is 0.226 e. The second-order valence-electron chi connectivity index (χ2n) is 4.38. The van der Waals surface area contributed by atoms with Gasteiger partial charge in [-0.25, -0.2) is 4.68 Å². The van der Waals surface area contributed by atoms with E-state index in [2.05, 4.69) is 25.7 Å². The largest absolute Gasteiger partial charge is 0.339 e. The number of aromatic nitrogens is 6. The highest BCUT2D eigenvalue weighted by Crippen LogP contribution is 2.04. The van der Waals surface area contributed by atoms with E-state index in [1.165, 1.54) is 6.33 Å². The standard InChI is InChI=1S/C11H17N7O2/c1-3-10-13-9(14-20-10)7-17(2)11(19)5-4-6-18-8-12-15-16-18/h8H,3-7H2,1-2H3. The van der Waals surface area contributed by atoms with Crippen LogP contribution in [0.15, 0.2) is 10.9 Å². The van der Waals surface area contributed by atoms with Crippen LogP contribution in [0, 0.1) is 0 Å². The molecule has 0 radical (unpaired) electrons. The lowest BCUT2D eigenvalue weighted by Crippen LogP contribution is -2.26. The summed E-state index contributed by atoms with van der Waals surface area (Å²) in [5.74, 6) is 1.14. The van der Waals surface area contributed by atoms with Gasteiger partial charge in [0, 0.05) is 26.4 Å². The summed E-state index contributed by atoms with van der Waals surface area (Å²) < 4.78 is 6.60. The van der Waals surface area contributed by atoms with E-state index in [-0.39, 0.29) is 5.91 Å². The lowest BCUT2D eigenvalue weighted by Gasteiger charge is -2.14. The predicted molar refractivity (Wildman–Crippen MR) is 67.2 cm³/mol. The molecule has 0 bridgehead atoms. The highest BCUT2D eigenvalue weighted by molar-refractivity contribution is 5.75. The van der Waals surface area contributed by atoms with E-state index >= 15 is 0 Å². The van der Waals surface area contributed by atoms with Crippen molar-refractivity contribution < 1.29 is 9.32 Å². The van der Waals surface area contributed by atoms with Gasteiger partial charge in [0.1, 0.15) is 6.33 Å². The van der Waals surface area contributed by atoms with Gasteiger partial charge in [0.05, 0.1) is 6.54 Å². The van der Waals surface area contributed by atoms with Crippen molar-refractivity contribution in [3.8, 4) is 0 Å². The zero-order valence-electron chi connectivity index (χ0n) is 11.6. The summed E-state index contributed by atoms with van der Waals surface area (Å²) in [7, 11) is 1.72. The zero-order valence-corrected chi connectivity index (χ0v) is 11.6.